The predicted molar refractivity (Wildman–Crippen MR) is 89.0 cm³/mol. The summed E-state index contributed by atoms with van der Waals surface area (Å²) in [6, 6.07) is 8.34. The van der Waals surface area contributed by atoms with Gasteiger partial charge in [-0.15, -0.1) is 25.7 Å². The highest BCUT2D eigenvalue weighted by Gasteiger charge is 2.07. The number of carbonyl (C=O) groups excluding carboxylic acids is 1. The number of carbonyl (C=O) groups is 1. The van der Waals surface area contributed by atoms with Crippen molar-refractivity contribution in [3.63, 3.8) is 0 Å². The number of amides is 1. The molecule has 110 valence electrons. The molecule has 1 aromatic carbocycles. The average Bonchev–Trinajstić information content (AvgIpc) is 2.51. The molecule has 0 saturated carbocycles. The number of terminal acetylenes is 2. The lowest BCUT2D eigenvalue weighted by Crippen LogP contribution is -2.20. The van der Waals surface area contributed by atoms with Gasteiger partial charge in [-0.05, 0) is 25.3 Å². The zero-order valence-corrected chi connectivity index (χ0v) is 13.1. The third-order valence-electron chi connectivity index (χ3n) is 2.43. The molecule has 0 bridgehead atoms. The molecule has 2 heteroatoms. The molecule has 2 N–H and O–H groups in total. The lowest BCUT2D eigenvalue weighted by atomic mass is 10.00. The third kappa shape index (κ3) is 12.3. The van der Waals surface area contributed by atoms with Crippen LogP contribution in [-0.2, 0) is 11.2 Å². The van der Waals surface area contributed by atoms with E-state index in [1.807, 2.05) is 26.8 Å². The molecule has 1 amide bonds. The summed E-state index contributed by atoms with van der Waals surface area (Å²) in [7, 11) is 0. The van der Waals surface area contributed by atoms with Gasteiger partial charge in [0.2, 0.25) is 5.91 Å². The molecule has 0 unspecified atom stereocenters. The van der Waals surface area contributed by atoms with Crippen LogP contribution < -0.4 is 5.73 Å². The molecule has 0 fully saturated rings. The van der Waals surface area contributed by atoms with Gasteiger partial charge in [0.05, 0.1) is 0 Å². The van der Waals surface area contributed by atoms with Gasteiger partial charge in [0.25, 0.3) is 0 Å². The van der Waals surface area contributed by atoms with Crippen LogP contribution in [0.15, 0.2) is 24.3 Å². The minimum absolute atomic E-state index is 0.0319. The monoisotopic (exact) mass is 273 g/mol. The third-order valence-corrected chi connectivity index (χ3v) is 2.43. The molecular formula is C18H27NO. The summed E-state index contributed by atoms with van der Waals surface area (Å²) in [5, 5.41) is 0. The number of rotatable bonds is 4. The van der Waals surface area contributed by atoms with E-state index < -0.39 is 0 Å². The van der Waals surface area contributed by atoms with E-state index in [4.69, 9.17) is 5.73 Å². The van der Waals surface area contributed by atoms with E-state index in [9.17, 15) is 4.79 Å². The topological polar surface area (TPSA) is 43.1 Å². The normalized spacial score (nSPS) is 9.20. The second kappa shape index (κ2) is 16.8. The van der Waals surface area contributed by atoms with Crippen LogP contribution in [0.5, 0.6) is 0 Å². The summed E-state index contributed by atoms with van der Waals surface area (Å²) < 4.78 is 0. The Balaban J connectivity index is -0.000000425. The summed E-state index contributed by atoms with van der Waals surface area (Å²) in [4.78, 5) is 10.8. The van der Waals surface area contributed by atoms with Crippen LogP contribution in [0.2, 0.25) is 0 Å². The summed E-state index contributed by atoms with van der Waals surface area (Å²) in [5.41, 5.74) is 7.73. The van der Waals surface area contributed by atoms with E-state index >= 15 is 0 Å². The Morgan fingerprint density at radius 2 is 1.70 bits per heavy atom. The van der Waals surface area contributed by atoms with Crippen molar-refractivity contribution in [2.24, 2.45) is 11.7 Å². The molecule has 1 atom stereocenters. The Hall–Kier alpha value is -2.19. The van der Waals surface area contributed by atoms with E-state index in [2.05, 4.69) is 50.8 Å². The van der Waals surface area contributed by atoms with Crippen molar-refractivity contribution in [1.29, 1.82) is 0 Å². The predicted octanol–water partition coefficient (Wildman–Crippen LogP) is 3.57. The van der Waals surface area contributed by atoms with Crippen LogP contribution in [0.4, 0.5) is 0 Å². The molecule has 1 aromatic rings. The highest BCUT2D eigenvalue weighted by Crippen LogP contribution is 2.10. The molecule has 0 aliphatic rings. The van der Waals surface area contributed by atoms with Gasteiger partial charge >= 0.3 is 0 Å². The first kappa shape index (κ1) is 22.9. The van der Waals surface area contributed by atoms with Gasteiger partial charge in [-0.1, -0.05) is 50.6 Å². The van der Waals surface area contributed by atoms with Crippen molar-refractivity contribution in [3.8, 4) is 25.7 Å². The van der Waals surface area contributed by atoms with Crippen molar-refractivity contribution >= 4 is 5.91 Å². The van der Waals surface area contributed by atoms with E-state index in [1.165, 1.54) is 11.1 Å². The number of primary amides is 1. The first-order valence-electron chi connectivity index (χ1n) is 6.61. The standard InChI is InChI=1S/C12H17NO.C2H6.2C2H2/c1-9-4-3-5-11(8-9)7-6-10(2)12(13)14;3*1-2/h3-5,8,10H,6-7H2,1-2H3,(H2,13,14);1-2H3;2*1-2H/t10-;;;/m0.../s1. The van der Waals surface area contributed by atoms with Gasteiger partial charge < -0.3 is 5.73 Å². The zero-order valence-electron chi connectivity index (χ0n) is 13.1. The molecule has 0 saturated heterocycles. The number of benzene rings is 1. The minimum atomic E-state index is -0.211. The number of hydrogen-bond acceptors (Lipinski definition) is 1. The molecule has 2 nitrogen and oxygen atoms in total. The smallest absolute Gasteiger partial charge is 0.220 e. The Labute approximate surface area is 124 Å². The van der Waals surface area contributed by atoms with Crippen LogP contribution in [-0.4, -0.2) is 5.91 Å². The first-order chi connectivity index (χ1) is 9.59. The molecule has 0 aliphatic heterocycles. The second-order valence-electron chi connectivity index (χ2n) is 3.83. The van der Waals surface area contributed by atoms with Crippen LogP contribution in [0.3, 0.4) is 0 Å². The summed E-state index contributed by atoms with van der Waals surface area (Å²) in [5.74, 6) is -0.242. The van der Waals surface area contributed by atoms with Crippen LogP contribution in [0.25, 0.3) is 0 Å². The van der Waals surface area contributed by atoms with E-state index in [1.54, 1.807) is 0 Å². The maximum Gasteiger partial charge on any atom is 0.220 e. The molecule has 0 aliphatic carbocycles. The number of aryl methyl sites for hydroxylation is 2. The summed E-state index contributed by atoms with van der Waals surface area (Å²) >= 11 is 0. The maximum absolute atomic E-state index is 10.8. The van der Waals surface area contributed by atoms with Gasteiger partial charge in [0.1, 0.15) is 0 Å². The van der Waals surface area contributed by atoms with Crippen molar-refractivity contribution in [2.75, 3.05) is 0 Å². The van der Waals surface area contributed by atoms with Gasteiger partial charge in [-0.3, -0.25) is 4.79 Å². The van der Waals surface area contributed by atoms with Gasteiger partial charge in [0.15, 0.2) is 0 Å². The Morgan fingerprint density at radius 1 is 1.20 bits per heavy atom. The molecule has 0 spiro atoms. The SMILES string of the molecule is C#C.C#C.CC.Cc1cccc(CC[C@H](C)C(N)=O)c1. The fourth-order valence-electron chi connectivity index (χ4n) is 1.39. The lowest BCUT2D eigenvalue weighted by molar-refractivity contribution is -0.121. The van der Waals surface area contributed by atoms with Gasteiger partial charge in [-0.2, -0.15) is 0 Å². The fourth-order valence-corrected chi connectivity index (χ4v) is 1.39. The fraction of sp³-hybridized carbons (Fsp3) is 0.389. The average molecular weight is 273 g/mol. The largest absolute Gasteiger partial charge is 0.369 e. The Morgan fingerprint density at radius 3 is 2.10 bits per heavy atom. The Kier molecular flexibility index (Phi) is 19.3. The first-order valence-corrected chi connectivity index (χ1v) is 6.61. The summed E-state index contributed by atoms with van der Waals surface area (Å²) in [6.07, 6.45) is 17.8. The van der Waals surface area contributed by atoms with Crippen LogP contribution >= 0.6 is 0 Å². The molecular weight excluding hydrogens is 246 g/mol. The second-order valence-corrected chi connectivity index (χ2v) is 3.83. The summed E-state index contributed by atoms with van der Waals surface area (Å²) in [6.45, 7) is 7.94. The van der Waals surface area contributed by atoms with Crippen molar-refractivity contribution in [1.82, 2.24) is 0 Å². The molecule has 0 radical (unpaired) electrons. The minimum Gasteiger partial charge on any atom is -0.369 e. The highest BCUT2D eigenvalue weighted by molar-refractivity contribution is 5.76. The number of hydrogen-bond donors (Lipinski definition) is 1. The molecule has 0 aromatic heterocycles. The molecule has 20 heavy (non-hydrogen) atoms. The van der Waals surface area contributed by atoms with E-state index in [0.717, 1.165) is 12.8 Å². The molecule has 0 heterocycles. The van der Waals surface area contributed by atoms with Crippen molar-refractivity contribution in [2.45, 2.75) is 40.5 Å². The van der Waals surface area contributed by atoms with Gasteiger partial charge in [0, 0.05) is 5.92 Å². The van der Waals surface area contributed by atoms with Crippen LogP contribution in [0, 0.1) is 38.5 Å². The van der Waals surface area contributed by atoms with E-state index in [0.29, 0.717) is 0 Å². The van der Waals surface area contributed by atoms with Crippen LogP contribution in [0.1, 0.15) is 38.3 Å². The van der Waals surface area contributed by atoms with Crippen molar-refractivity contribution < 1.29 is 4.79 Å². The van der Waals surface area contributed by atoms with Gasteiger partial charge in [-0.25, -0.2) is 0 Å². The van der Waals surface area contributed by atoms with E-state index in [-0.39, 0.29) is 11.8 Å². The zero-order chi connectivity index (χ0) is 16.6. The maximum atomic E-state index is 10.8. The lowest BCUT2D eigenvalue weighted by Gasteiger charge is -2.07. The number of nitrogens with two attached hydrogens (primary N) is 1. The van der Waals surface area contributed by atoms with Crippen molar-refractivity contribution in [3.05, 3.63) is 35.4 Å². The molecule has 1 rings (SSSR count). The Bertz CT molecular complexity index is 385. The highest BCUT2D eigenvalue weighted by atomic mass is 16.1. The quantitative estimate of drug-likeness (QED) is 0.837.